The lowest BCUT2D eigenvalue weighted by molar-refractivity contribution is 0.600. The summed E-state index contributed by atoms with van der Waals surface area (Å²) in [5.41, 5.74) is 1.72. The summed E-state index contributed by atoms with van der Waals surface area (Å²) in [6, 6.07) is 0. The van der Waals surface area contributed by atoms with Gasteiger partial charge in [0.05, 0.1) is 11.9 Å². The summed E-state index contributed by atoms with van der Waals surface area (Å²) in [7, 11) is 0. The standard InChI is InChI=1S/C11H14FN5/c1-4-13-11-14-5-9(12)10(16-11)17-6-15-7(2)8(17)3/h5-6H,4H2,1-3H3,(H,13,14,16). The Bertz CT molecular complexity index is 535. The monoisotopic (exact) mass is 235 g/mol. The number of nitrogens with one attached hydrogen (secondary N) is 1. The second-order valence-corrected chi connectivity index (χ2v) is 3.68. The van der Waals surface area contributed by atoms with E-state index in [1.807, 2.05) is 20.8 Å². The highest BCUT2D eigenvalue weighted by molar-refractivity contribution is 5.35. The lowest BCUT2D eigenvalue weighted by Crippen LogP contribution is -2.08. The quantitative estimate of drug-likeness (QED) is 0.882. The number of aromatic nitrogens is 4. The van der Waals surface area contributed by atoms with Gasteiger partial charge in [-0.15, -0.1) is 0 Å². The van der Waals surface area contributed by atoms with Crippen molar-refractivity contribution in [2.24, 2.45) is 0 Å². The molecular weight excluding hydrogens is 221 g/mol. The first-order valence-corrected chi connectivity index (χ1v) is 5.40. The van der Waals surface area contributed by atoms with Gasteiger partial charge in [-0.2, -0.15) is 4.98 Å². The normalized spacial score (nSPS) is 10.6. The minimum absolute atomic E-state index is 0.217. The predicted molar refractivity (Wildman–Crippen MR) is 62.7 cm³/mol. The Kier molecular flexibility index (Phi) is 3.03. The van der Waals surface area contributed by atoms with Crippen LogP contribution in [0, 0.1) is 19.7 Å². The molecule has 0 spiro atoms. The predicted octanol–water partition coefficient (Wildman–Crippen LogP) is 1.85. The molecule has 5 nitrogen and oxygen atoms in total. The highest BCUT2D eigenvalue weighted by Crippen LogP contribution is 2.15. The Morgan fingerprint density at radius 1 is 1.35 bits per heavy atom. The van der Waals surface area contributed by atoms with E-state index >= 15 is 0 Å². The number of hydrogen-bond acceptors (Lipinski definition) is 4. The number of halogens is 1. The fourth-order valence-electron chi connectivity index (χ4n) is 1.48. The van der Waals surface area contributed by atoms with Crippen LogP contribution in [0.3, 0.4) is 0 Å². The average Bonchev–Trinajstić information content (AvgIpc) is 2.63. The zero-order chi connectivity index (χ0) is 12.4. The first-order valence-electron chi connectivity index (χ1n) is 5.40. The van der Waals surface area contributed by atoms with E-state index in [4.69, 9.17) is 0 Å². The van der Waals surface area contributed by atoms with Gasteiger partial charge in [-0.3, -0.25) is 4.57 Å². The molecule has 0 amide bonds. The van der Waals surface area contributed by atoms with Crippen LogP contribution < -0.4 is 5.32 Å². The van der Waals surface area contributed by atoms with Gasteiger partial charge in [0, 0.05) is 12.2 Å². The highest BCUT2D eigenvalue weighted by atomic mass is 19.1. The van der Waals surface area contributed by atoms with Crippen molar-refractivity contribution in [1.29, 1.82) is 0 Å². The number of rotatable bonds is 3. The Hall–Kier alpha value is -1.98. The maximum Gasteiger partial charge on any atom is 0.224 e. The van der Waals surface area contributed by atoms with E-state index in [2.05, 4.69) is 20.3 Å². The fourth-order valence-corrected chi connectivity index (χ4v) is 1.48. The molecule has 0 aliphatic rings. The van der Waals surface area contributed by atoms with Crippen LogP contribution in [0.4, 0.5) is 10.3 Å². The van der Waals surface area contributed by atoms with Gasteiger partial charge in [0.15, 0.2) is 11.6 Å². The Morgan fingerprint density at radius 2 is 2.12 bits per heavy atom. The molecule has 0 aliphatic carbocycles. The molecule has 0 bridgehead atoms. The SMILES string of the molecule is CCNc1ncc(F)c(-n2cnc(C)c2C)n1. The molecule has 0 saturated carbocycles. The van der Waals surface area contributed by atoms with Gasteiger partial charge in [0.1, 0.15) is 6.33 Å². The maximum atomic E-state index is 13.7. The van der Waals surface area contributed by atoms with Crippen LogP contribution >= 0.6 is 0 Å². The van der Waals surface area contributed by atoms with E-state index in [0.717, 1.165) is 17.6 Å². The number of anilines is 1. The van der Waals surface area contributed by atoms with Gasteiger partial charge in [0.25, 0.3) is 0 Å². The number of aryl methyl sites for hydroxylation is 1. The molecule has 0 saturated heterocycles. The van der Waals surface area contributed by atoms with Gasteiger partial charge in [-0.1, -0.05) is 0 Å². The molecule has 0 aliphatic heterocycles. The van der Waals surface area contributed by atoms with Gasteiger partial charge < -0.3 is 5.32 Å². The Labute approximate surface area is 98.7 Å². The molecule has 90 valence electrons. The maximum absolute atomic E-state index is 13.7. The topological polar surface area (TPSA) is 55.6 Å². The molecule has 0 atom stereocenters. The minimum Gasteiger partial charge on any atom is -0.354 e. The van der Waals surface area contributed by atoms with E-state index in [0.29, 0.717) is 12.5 Å². The van der Waals surface area contributed by atoms with Crippen LogP contribution in [0.25, 0.3) is 5.82 Å². The third-order valence-electron chi connectivity index (χ3n) is 2.54. The van der Waals surface area contributed by atoms with E-state index < -0.39 is 5.82 Å². The molecule has 2 aromatic heterocycles. The fraction of sp³-hybridized carbons (Fsp3) is 0.364. The Morgan fingerprint density at radius 3 is 2.71 bits per heavy atom. The van der Waals surface area contributed by atoms with E-state index in [9.17, 15) is 4.39 Å². The molecule has 2 aromatic rings. The van der Waals surface area contributed by atoms with Gasteiger partial charge >= 0.3 is 0 Å². The van der Waals surface area contributed by atoms with Crippen molar-refractivity contribution >= 4 is 5.95 Å². The molecule has 0 aromatic carbocycles. The second-order valence-electron chi connectivity index (χ2n) is 3.68. The summed E-state index contributed by atoms with van der Waals surface area (Å²) in [5.74, 6) is 0.163. The van der Waals surface area contributed by atoms with Gasteiger partial charge in [0.2, 0.25) is 5.95 Å². The summed E-state index contributed by atoms with van der Waals surface area (Å²) in [4.78, 5) is 12.1. The van der Waals surface area contributed by atoms with Crippen molar-refractivity contribution in [3.8, 4) is 5.82 Å². The summed E-state index contributed by atoms with van der Waals surface area (Å²) >= 11 is 0. The molecule has 1 N–H and O–H groups in total. The van der Waals surface area contributed by atoms with Crippen LogP contribution in [0.5, 0.6) is 0 Å². The molecular formula is C11H14FN5. The van der Waals surface area contributed by atoms with Crippen molar-refractivity contribution in [3.05, 3.63) is 29.7 Å². The average molecular weight is 235 g/mol. The van der Waals surface area contributed by atoms with Crippen molar-refractivity contribution < 1.29 is 4.39 Å². The van der Waals surface area contributed by atoms with Crippen LogP contribution in [-0.2, 0) is 0 Å². The number of imidazole rings is 1. The molecule has 2 rings (SSSR count). The molecule has 0 radical (unpaired) electrons. The minimum atomic E-state index is -0.466. The zero-order valence-electron chi connectivity index (χ0n) is 10.0. The molecule has 0 fully saturated rings. The van der Waals surface area contributed by atoms with Crippen molar-refractivity contribution in [3.63, 3.8) is 0 Å². The number of hydrogen-bond donors (Lipinski definition) is 1. The van der Waals surface area contributed by atoms with E-state index in [-0.39, 0.29) is 5.82 Å². The van der Waals surface area contributed by atoms with Gasteiger partial charge in [-0.25, -0.2) is 14.4 Å². The molecule has 0 unspecified atom stereocenters. The summed E-state index contributed by atoms with van der Waals surface area (Å²) in [5, 5.41) is 2.95. The molecule has 2 heterocycles. The van der Waals surface area contributed by atoms with Crippen LogP contribution in [0.2, 0.25) is 0 Å². The molecule has 17 heavy (non-hydrogen) atoms. The summed E-state index contributed by atoms with van der Waals surface area (Å²) in [6.45, 7) is 6.36. The van der Waals surface area contributed by atoms with Crippen LogP contribution in [0.15, 0.2) is 12.5 Å². The zero-order valence-corrected chi connectivity index (χ0v) is 10.0. The first-order chi connectivity index (χ1) is 8.13. The summed E-state index contributed by atoms with van der Waals surface area (Å²) < 4.78 is 15.3. The lowest BCUT2D eigenvalue weighted by Gasteiger charge is -2.08. The largest absolute Gasteiger partial charge is 0.354 e. The third-order valence-corrected chi connectivity index (χ3v) is 2.54. The highest BCUT2D eigenvalue weighted by Gasteiger charge is 2.12. The van der Waals surface area contributed by atoms with Crippen molar-refractivity contribution in [2.75, 3.05) is 11.9 Å². The lowest BCUT2D eigenvalue weighted by atomic mass is 10.4. The Balaban J connectivity index is 2.50. The summed E-state index contributed by atoms with van der Waals surface area (Å²) in [6.07, 6.45) is 2.72. The number of nitrogens with zero attached hydrogens (tertiary/aromatic N) is 4. The van der Waals surface area contributed by atoms with Crippen molar-refractivity contribution in [1.82, 2.24) is 19.5 Å². The smallest absolute Gasteiger partial charge is 0.224 e. The first kappa shape index (κ1) is 11.5. The van der Waals surface area contributed by atoms with E-state index in [1.165, 1.54) is 0 Å². The molecule has 6 heteroatoms. The third kappa shape index (κ3) is 2.11. The van der Waals surface area contributed by atoms with E-state index in [1.54, 1.807) is 10.9 Å². The van der Waals surface area contributed by atoms with Crippen molar-refractivity contribution in [2.45, 2.75) is 20.8 Å². The van der Waals surface area contributed by atoms with Crippen LogP contribution in [0.1, 0.15) is 18.3 Å². The van der Waals surface area contributed by atoms with Crippen LogP contribution in [-0.4, -0.2) is 26.1 Å². The van der Waals surface area contributed by atoms with Gasteiger partial charge in [-0.05, 0) is 20.8 Å². The second kappa shape index (κ2) is 4.48.